The fourth-order valence-corrected chi connectivity index (χ4v) is 5.36. The number of thioether (sulfide) groups is 1. The highest BCUT2D eigenvalue weighted by Gasteiger charge is 2.23. The van der Waals surface area contributed by atoms with E-state index in [0.717, 1.165) is 23.8 Å². The summed E-state index contributed by atoms with van der Waals surface area (Å²) >= 11 is 3.02. The largest absolute Gasteiger partial charge is 0.352 e. The molecule has 3 aromatic rings. The van der Waals surface area contributed by atoms with E-state index in [0.29, 0.717) is 28.6 Å². The molecule has 6 nitrogen and oxygen atoms in total. The van der Waals surface area contributed by atoms with Crippen LogP contribution in [-0.2, 0) is 6.42 Å². The highest BCUT2D eigenvalue weighted by atomic mass is 32.2. The zero-order chi connectivity index (χ0) is 21.6. The molecule has 162 valence electrons. The third kappa shape index (κ3) is 4.91. The minimum Gasteiger partial charge on any atom is -0.352 e. The molecule has 1 aliphatic carbocycles. The van der Waals surface area contributed by atoms with Crippen LogP contribution < -0.4 is 5.32 Å². The molecule has 0 bridgehead atoms. The van der Waals surface area contributed by atoms with Crippen molar-refractivity contribution >= 4 is 34.8 Å². The molecule has 2 heterocycles. The predicted molar refractivity (Wildman–Crippen MR) is 124 cm³/mol. The topological polar surface area (TPSA) is 76.9 Å². The monoisotopic (exact) mass is 454 g/mol. The second-order valence-corrected chi connectivity index (χ2v) is 9.34. The number of carbonyl (C=O) groups is 2. The molecule has 0 unspecified atom stereocenters. The highest BCUT2D eigenvalue weighted by Crippen LogP contribution is 2.33. The molecule has 1 amide bonds. The standard InChI is InChI=1S/C23H26N4O2S2/c1-30-23-26-25-20(27(23)16-8-2-3-9-16)13-6-14-24-22(29)18-11-5-4-10-17(18)21(28)19-12-7-15-31-19/h4-5,7,10-12,15-16H,2-3,6,8-9,13-14H2,1H3,(H,24,29). The lowest BCUT2D eigenvalue weighted by molar-refractivity contribution is 0.0942. The summed E-state index contributed by atoms with van der Waals surface area (Å²) in [5, 5.41) is 14.6. The highest BCUT2D eigenvalue weighted by molar-refractivity contribution is 7.98. The molecule has 0 aliphatic heterocycles. The van der Waals surface area contributed by atoms with Gasteiger partial charge in [-0.1, -0.05) is 48.9 Å². The average molecular weight is 455 g/mol. The van der Waals surface area contributed by atoms with Crippen molar-refractivity contribution in [2.24, 2.45) is 0 Å². The Balaban J connectivity index is 1.37. The first-order chi connectivity index (χ1) is 15.2. The molecule has 0 saturated heterocycles. The van der Waals surface area contributed by atoms with E-state index in [1.54, 1.807) is 42.1 Å². The number of ketones is 1. The van der Waals surface area contributed by atoms with Crippen LogP contribution in [0.5, 0.6) is 0 Å². The molecule has 1 fully saturated rings. The summed E-state index contributed by atoms with van der Waals surface area (Å²) < 4.78 is 2.30. The summed E-state index contributed by atoms with van der Waals surface area (Å²) in [5.41, 5.74) is 0.854. The number of thiophene rings is 1. The Morgan fingerprint density at radius 3 is 2.61 bits per heavy atom. The van der Waals surface area contributed by atoms with E-state index in [9.17, 15) is 9.59 Å². The van der Waals surface area contributed by atoms with Gasteiger partial charge in [0.1, 0.15) is 5.82 Å². The maximum Gasteiger partial charge on any atom is 0.252 e. The van der Waals surface area contributed by atoms with Crippen LogP contribution in [0.15, 0.2) is 46.9 Å². The lowest BCUT2D eigenvalue weighted by atomic mass is 10.0. The molecule has 4 rings (SSSR count). The van der Waals surface area contributed by atoms with E-state index in [1.165, 1.54) is 37.0 Å². The first kappa shape index (κ1) is 21.8. The number of nitrogens with one attached hydrogen (secondary N) is 1. The Hall–Kier alpha value is -2.45. The van der Waals surface area contributed by atoms with Crippen molar-refractivity contribution in [2.45, 2.75) is 49.7 Å². The Morgan fingerprint density at radius 1 is 1.13 bits per heavy atom. The summed E-state index contributed by atoms with van der Waals surface area (Å²) in [4.78, 5) is 26.2. The smallest absolute Gasteiger partial charge is 0.252 e. The van der Waals surface area contributed by atoms with E-state index in [1.807, 2.05) is 17.7 Å². The van der Waals surface area contributed by atoms with Gasteiger partial charge in [0, 0.05) is 24.6 Å². The van der Waals surface area contributed by atoms with Crippen molar-refractivity contribution in [3.63, 3.8) is 0 Å². The van der Waals surface area contributed by atoms with Crippen LogP contribution in [0.25, 0.3) is 0 Å². The second kappa shape index (κ2) is 10.2. The molecule has 0 spiro atoms. The van der Waals surface area contributed by atoms with E-state index >= 15 is 0 Å². The number of benzene rings is 1. The molecule has 31 heavy (non-hydrogen) atoms. The summed E-state index contributed by atoms with van der Waals surface area (Å²) in [6.07, 6.45) is 8.46. The van der Waals surface area contributed by atoms with Gasteiger partial charge in [0.05, 0.1) is 10.4 Å². The van der Waals surface area contributed by atoms with Crippen molar-refractivity contribution in [1.82, 2.24) is 20.1 Å². The maximum atomic E-state index is 12.8. The molecule has 1 aliphatic rings. The SMILES string of the molecule is CSc1nnc(CCCNC(=O)c2ccccc2C(=O)c2cccs2)n1C1CCCC1. The summed E-state index contributed by atoms with van der Waals surface area (Å²) in [5.74, 6) is 0.663. The van der Waals surface area contributed by atoms with E-state index < -0.39 is 0 Å². The molecule has 8 heteroatoms. The molecule has 1 aromatic carbocycles. The normalized spacial score (nSPS) is 14.1. The van der Waals surface area contributed by atoms with E-state index in [4.69, 9.17) is 0 Å². The zero-order valence-corrected chi connectivity index (χ0v) is 19.2. The Bertz CT molecular complexity index is 1040. The van der Waals surface area contributed by atoms with Gasteiger partial charge in [0.2, 0.25) is 5.78 Å². The predicted octanol–water partition coefficient (Wildman–Crippen LogP) is 4.77. The number of carbonyl (C=O) groups excluding carboxylic acids is 2. The molecule has 0 atom stereocenters. The van der Waals surface area contributed by atoms with Crippen molar-refractivity contribution in [3.8, 4) is 0 Å². The van der Waals surface area contributed by atoms with Gasteiger partial charge in [0.25, 0.3) is 5.91 Å². The number of hydrogen-bond donors (Lipinski definition) is 1. The first-order valence-electron chi connectivity index (χ1n) is 10.6. The van der Waals surface area contributed by atoms with Crippen LogP contribution in [0.4, 0.5) is 0 Å². The van der Waals surface area contributed by atoms with E-state index in [2.05, 4.69) is 20.1 Å². The number of rotatable bonds is 9. The van der Waals surface area contributed by atoms with Crippen molar-refractivity contribution < 1.29 is 9.59 Å². The number of aromatic nitrogens is 3. The van der Waals surface area contributed by atoms with Gasteiger partial charge in [-0.2, -0.15) is 0 Å². The number of nitrogens with zero attached hydrogens (tertiary/aromatic N) is 3. The van der Waals surface area contributed by atoms with Gasteiger partial charge >= 0.3 is 0 Å². The minimum absolute atomic E-state index is 0.116. The van der Waals surface area contributed by atoms with Gasteiger partial charge in [-0.15, -0.1) is 21.5 Å². The Labute approximate surface area is 190 Å². The van der Waals surface area contributed by atoms with Crippen LogP contribution >= 0.6 is 23.1 Å². The van der Waals surface area contributed by atoms with Gasteiger partial charge < -0.3 is 9.88 Å². The zero-order valence-electron chi connectivity index (χ0n) is 17.5. The van der Waals surface area contributed by atoms with Crippen molar-refractivity contribution in [3.05, 3.63) is 63.6 Å². The lowest BCUT2D eigenvalue weighted by Gasteiger charge is -2.16. The molecule has 1 N–H and O–H groups in total. The molecule has 0 radical (unpaired) electrons. The van der Waals surface area contributed by atoms with Gasteiger partial charge in [0.15, 0.2) is 5.16 Å². The van der Waals surface area contributed by atoms with Gasteiger partial charge in [-0.05, 0) is 43.0 Å². The number of amides is 1. The summed E-state index contributed by atoms with van der Waals surface area (Å²) in [6.45, 7) is 0.520. The van der Waals surface area contributed by atoms with E-state index in [-0.39, 0.29) is 11.7 Å². The fourth-order valence-electron chi connectivity index (χ4n) is 4.11. The molecular formula is C23H26N4O2S2. The first-order valence-corrected chi connectivity index (χ1v) is 12.7. The van der Waals surface area contributed by atoms with Crippen LogP contribution in [0.2, 0.25) is 0 Å². The van der Waals surface area contributed by atoms with Crippen molar-refractivity contribution in [1.29, 1.82) is 0 Å². The minimum atomic E-state index is -0.220. The number of hydrogen-bond acceptors (Lipinski definition) is 6. The van der Waals surface area contributed by atoms with Crippen LogP contribution in [0, 0.1) is 0 Å². The van der Waals surface area contributed by atoms with Crippen molar-refractivity contribution in [2.75, 3.05) is 12.8 Å². The number of aryl methyl sites for hydroxylation is 1. The summed E-state index contributed by atoms with van der Waals surface area (Å²) in [7, 11) is 0. The molecule has 2 aromatic heterocycles. The Morgan fingerprint density at radius 2 is 1.90 bits per heavy atom. The van der Waals surface area contributed by atoms with Crippen LogP contribution in [0.1, 0.15) is 69.6 Å². The molecule has 1 saturated carbocycles. The average Bonchev–Trinajstić information content (AvgIpc) is 3.57. The van der Waals surface area contributed by atoms with Crippen LogP contribution in [0.3, 0.4) is 0 Å². The van der Waals surface area contributed by atoms with Gasteiger partial charge in [-0.3, -0.25) is 9.59 Å². The second-order valence-electron chi connectivity index (χ2n) is 7.62. The van der Waals surface area contributed by atoms with Crippen LogP contribution in [-0.4, -0.2) is 39.3 Å². The maximum absolute atomic E-state index is 12.8. The third-order valence-corrected chi connectivity index (χ3v) is 7.14. The Kier molecular flexibility index (Phi) is 7.19. The van der Waals surface area contributed by atoms with Gasteiger partial charge in [-0.25, -0.2) is 0 Å². The third-order valence-electron chi connectivity index (χ3n) is 5.63. The lowest BCUT2D eigenvalue weighted by Crippen LogP contribution is -2.27. The quantitative estimate of drug-likeness (QED) is 0.286. The molecular weight excluding hydrogens is 428 g/mol. The fraction of sp³-hybridized carbons (Fsp3) is 0.391. The summed E-state index contributed by atoms with van der Waals surface area (Å²) in [6, 6.07) is 11.1.